The van der Waals surface area contributed by atoms with Crippen LogP contribution in [0.15, 0.2) is 41.3 Å². The molecule has 0 saturated heterocycles. The summed E-state index contributed by atoms with van der Waals surface area (Å²) in [6, 6.07) is 7.37. The van der Waals surface area contributed by atoms with E-state index < -0.39 is 0 Å². The maximum Gasteiger partial charge on any atom is 0.250 e. The van der Waals surface area contributed by atoms with E-state index in [1.54, 1.807) is 6.20 Å². The quantitative estimate of drug-likeness (QED) is 0.897. The molecule has 0 aliphatic heterocycles. The largest absolute Gasteiger partial charge is 0.444 e. The van der Waals surface area contributed by atoms with Gasteiger partial charge >= 0.3 is 0 Å². The first kappa shape index (κ1) is 13.3. The monoisotopic (exact) mass is 260 g/mol. The lowest BCUT2D eigenvalue weighted by Crippen LogP contribution is -2.20. The normalized spacial score (nSPS) is 10.7. The molecule has 0 unspecified atom stereocenters. The fourth-order valence-electron chi connectivity index (χ4n) is 1.55. The van der Waals surface area contributed by atoms with Crippen LogP contribution in [-0.4, -0.2) is 23.6 Å². The maximum absolute atomic E-state index is 11.6. The van der Waals surface area contributed by atoms with Crippen LogP contribution < -0.4 is 5.32 Å². The van der Waals surface area contributed by atoms with Crippen molar-refractivity contribution in [3.05, 3.63) is 36.9 Å². The summed E-state index contributed by atoms with van der Waals surface area (Å²) in [5, 5.41) is 2.77. The Bertz CT molecular complexity index is 535. The molecular formula is C14H16N2O3. The predicted octanol–water partition coefficient (Wildman–Crippen LogP) is 2.71. The molecule has 0 aliphatic carbocycles. The minimum absolute atomic E-state index is 0.0336. The number of nitrogens with one attached hydrogen (secondary N) is 1. The molecule has 5 nitrogen and oxygen atoms in total. The van der Waals surface area contributed by atoms with Crippen LogP contribution in [-0.2, 0) is 9.53 Å². The number of amides is 1. The highest BCUT2D eigenvalue weighted by Gasteiger charge is 2.06. The highest BCUT2D eigenvalue weighted by Crippen LogP contribution is 2.21. The standard InChI is InChI=1S/C14H16N2O3/c1-10(2)18-8-14(17)16-12-5-3-4-11(6-12)13-7-15-9-19-13/h3-7,9-10H,8H2,1-2H3,(H,16,17). The summed E-state index contributed by atoms with van der Waals surface area (Å²) >= 11 is 0. The van der Waals surface area contributed by atoms with E-state index >= 15 is 0 Å². The highest BCUT2D eigenvalue weighted by atomic mass is 16.5. The van der Waals surface area contributed by atoms with Gasteiger partial charge < -0.3 is 14.5 Å². The molecule has 1 aromatic carbocycles. The van der Waals surface area contributed by atoms with Crippen molar-refractivity contribution in [3.63, 3.8) is 0 Å². The number of hydrogen-bond acceptors (Lipinski definition) is 4. The molecule has 1 amide bonds. The van der Waals surface area contributed by atoms with Crippen molar-refractivity contribution in [2.24, 2.45) is 0 Å². The second kappa shape index (κ2) is 6.15. The molecule has 5 heteroatoms. The first-order valence-electron chi connectivity index (χ1n) is 6.05. The van der Waals surface area contributed by atoms with Gasteiger partial charge in [0.15, 0.2) is 12.2 Å². The van der Waals surface area contributed by atoms with Crippen molar-refractivity contribution in [2.75, 3.05) is 11.9 Å². The van der Waals surface area contributed by atoms with Crippen LogP contribution in [0.25, 0.3) is 11.3 Å². The molecule has 0 radical (unpaired) electrons. The molecule has 1 N–H and O–H groups in total. The van der Waals surface area contributed by atoms with E-state index in [4.69, 9.17) is 9.15 Å². The number of aromatic nitrogens is 1. The van der Waals surface area contributed by atoms with E-state index in [0.29, 0.717) is 11.4 Å². The number of rotatable bonds is 5. The van der Waals surface area contributed by atoms with Gasteiger partial charge in [-0.15, -0.1) is 0 Å². The SMILES string of the molecule is CC(C)OCC(=O)Nc1cccc(-c2cnco2)c1. The Morgan fingerprint density at radius 2 is 2.32 bits per heavy atom. The summed E-state index contributed by atoms with van der Waals surface area (Å²) in [6.07, 6.45) is 3.03. The topological polar surface area (TPSA) is 64.4 Å². The van der Waals surface area contributed by atoms with E-state index in [1.165, 1.54) is 6.39 Å². The Hall–Kier alpha value is -2.14. The molecule has 0 spiro atoms. The third-order valence-electron chi connectivity index (χ3n) is 2.41. The fraction of sp³-hybridized carbons (Fsp3) is 0.286. The Kier molecular flexibility index (Phi) is 4.30. The first-order valence-corrected chi connectivity index (χ1v) is 6.05. The van der Waals surface area contributed by atoms with Gasteiger partial charge in [0.05, 0.1) is 12.3 Å². The molecule has 1 heterocycles. The Labute approximate surface area is 111 Å². The van der Waals surface area contributed by atoms with Crippen molar-refractivity contribution in [1.82, 2.24) is 4.98 Å². The highest BCUT2D eigenvalue weighted by molar-refractivity contribution is 5.92. The summed E-state index contributed by atoms with van der Waals surface area (Å²) < 4.78 is 10.4. The molecule has 0 atom stereocenters. The zero-order chi connectivity index (χ0) is 13.7. The minimum atomic E-state index is -0.177. The van der Waals surface area contributed by atoms with Crippen molar-refractivity contribution < 1.29 is 13.9 Å². The second-order valence-electron chi connectivity index (χ2n) is 4.35. The number of carbonyl (C=O) groups excluding carboxylic acids is 1. The van der Waals surface area contributed by atoms with Crippen molar-refractivity contribution in [2.45, 2.75) is 20.0 Å². The molecule has 2 aromatic rings. The first-order chi connectivity index (χ1) is 9.15. The van der Waals surface area contributed by atoms with Gasteiger partial charge in [-0.3, -0.25) is 4.79 Å². The summed E-state index contributed by atoms with van der Waals surface area (Å²) in [5.74, 6) is 0.484. The van der Waals surface area contributed by atoms with E-state index in [2.05, 4.69) is 10.3 Å². The number of carbonyl (C=O) groups is 1. The lowest BCUT2D eigenvalue weighted by molar-refractivity contribution is -0.121. The molecular weight excluding hydrogens is 244 g/mol. The van der Waals surface area contributed by atoms with Crippen molar-refractivity contribution in [1.29, 1.82) is 0 Å². The molecule has 19 heavy (non-hydrogen) atoms. The summed E-state index contributed by atoms with van der Waals surface area (Å²) in [7, 11) is 0. The lowest BCUT2D eigenvalue weighted by Gasteiger charge is -2.09. The van der Waals surface area contributed by atoms with Gasteiger partial charge in [-0.05, 0) is 26.0 Å². The molecule has 0 bridgehead atoms. The third kappa shape index (κ3) is 3.93. The van der Waals surface area contributed by atoms with Crippen LogP contribution in [0.4, 0.5) is 5.69 Å². The average molecular weight is 260 g/mol. The number of hydrogen-bond donors (Lipinski definition) is 1. The van der Waals surface area contributed by atoms with E-state index in [9.17, 15) is 4.79 Å². The Morgan fingerprint density at radius 3 is 3.00 bits per heavy atom. The summed E-state index contributed by atoms with van der Waals surface area (Å²) in [5.41, 5.74) is 1.56. The van der Waals surface area contributed by atoms with E-state index in [-0.39, 0.29) is 18.6 Å². The number of anilines is 1. The van der Waals surface area contributed by atoms with Crippen LogP contribution in [0.2, 0.25) is 0 Å². The van der Waals surface area contributed by atoms with Gasteiger partial charge in [-0.1, -0.05) is 12.1 Å². The smallest absolute Gasteiger partial charge is 0.250 e. The van der Waals surface area contributed by atoms with Gasteiger partial charge in [-0.25, -0.2) is 4.98 Å². The summed E-state index contributed by atoms with van der Waals surface area (Å²) in [6.45, 7) is 3.82. The van der Waals surface area contributed by atoms with Gasteiger partial charge in [0, 0.05) is 11.3 Å². The molecule has 0 aliphatic rings. The Morgan fingerprint density at radius 1 is 1.47 bits per heavy atom. The maximum atomic E-state index is 11.6. The van der Waals surface area contributed by atoms with Gasteiger partial charge in [0.2, 0.25) is 5.91 Å². The van der Waals surface area contributed by atoms with Crippen LogP contribution in [0.5, 0.6) is 0 Å². The fourth-order valence-corrected chi connectivity index (χ4v) is 1.55. The zero-order valence-corrected chi connectivity index (χ0v) is 10.9. The van der Waals surface area contributed by atoms with E-state index in [1.807, 2.05) is 38.1 Å². The van der Waals surface area contributed by atoms with Crippen molar-refractivity contribution >= 4 is 11.6 Å². The van der Waals surface area contributed by atoms with Gasteiger partial charge in [-0.2, -0.15) is 0 Å². The molecule has 0 fully saturated rings. The van der Waals surface area contributed by atoms with Crippen LogP contribution in [0, 0.1) is 0 Å². The summed E-state index contributed by atoms with van der Waals surface area (Å²) in [4.78, 5) is 15.5. The lowest BCUT2D eigenvalue weighted by atomic mass is 10.1. The number of nitrogens with zero attached hydrogens (tertiary/aromatic N) is 1. The van der Waals surface area contributed by atoms with E-state index in [0.717, 1.165) is 5.56 Å². The van der Waals surface area contributed by atoms with Crippen LogP contribution in [0.3, 0.4) is 0 Å². The third-order valence-corrected chi connectivity index (χ3v) is 2.41. The minimum Gasteiger partial charge on any atom is -0.444 e. The predicted molar refractivity (Wildman–Crippen MR) is 71.7 cm³/mol. The molecule has 2 rings (SSSR count). The second-order valence-corrected chi connectivity index (χ2v) is 4.35. The number of oxazole rings is 1. The van der Waals surface area contributed by atoms with Gasteiger partial charge in [0.25, 0.3) is 0 Å². The van der Waals surface area contributed by atoms with Gasteiger partial charge in [0.1, 0.15) is 6.61 Å². The van der Waals surface area contributed by atoms with Crippen LogP contribution >= 0.6 is 0 Å². The molecule has 1 aromatic heterocycles. The molecule has 100 valence electrons. The average Bonchev–Trinajstić information content (AvgIpc) is 2.90. The zero-order valence-electron chi connectivity index (χ0n) is 10.9. The number of ether oxygens (including phenoxy) is 1. The van der Waals surface area contributed by atoms with Crippen LogP contribution in [0.1, 0.15) is 13.8 Å². The van der Waals surface area contributed by atoms with Crippen molar-refractivity contribution in [3.8, 4) is 11.3 Å². The number of benzene rings is 1. The molecule has 0 saturated carbocycles. The Balaban J connectivity index is 2.01.